The van der Waals surface area contributed by atoms with E-state index in [-0.39, 0.29) is 4.90 Å². The summed E-state index contributed by atoms with van der Waals surface area (Å²) in [6.07, 6.45) is 2.45. The van der Waals surface area contributed by atoms with Gasteiger partial charge in [-0.3, -0.25) is 0 Å². The van der Waals surface area contributed by atoms with Crippen LogP contribution in [0.3, 0.4) is 0 Å². The van der Waals surface area contributed by atoms with E-state index in [1.165, 1.54) is 12.1 Å². The number of hydrogen-bond acceptors (Lipinski definition) is 4. The molecule has 0 amide bonds. The summed E-state index contributed by atoms with van der Waals surface area (Å²) in [5.74, 6) is 0.893. The molecule has 6 heteroatoms. The molecule has 0 bridgehead atoms. The normalized spacial score (nSPS) is 11.6. The van der Waals surface area contributed by atoms with Crippen LogP contribution in [0.15, 0.2) is 52.0 Å². The van der Waals surface area contributed by atoms with Gasteiger partial charge in [0.05, 0.1) is 17.7 Å². The molecule has 0 aliphatic rings. The fourth-order valence-corrected chi connectivity index (χ4v) is 2.22. The topological polar surface area (TPSA) is 85.3 Å². The average molecular weight is 280 g/mol. The lowest BCUT2D eigenvalue weighted by Crippen LogP contribution is -2.16. The first-order valence-electron chi connectivity index (χ1n) is 5.90. The van der Waals surface area contributed by atoms with Crippen LogP contribution in [0.25, 0.3) is 0 Å². The molecular weight excluding hydrogens is 264 g/mol. The number of benzene rings is 1. The lowest BCUT2D eigenvalue weighted by Gasteiger charge is -2.04. The molecule has 19 heavy (non-hydrogen) atoms. The molecule has 0 aliphatic heterocycles. The van der Waals surface area contributed by atoms with Crippen molar-refractivity contribution in [2.24, 2.45) is 5.14 Å². The molecule has 1 heterocycles. The Hall–Kier alpha value is -1.63. The maximum absolute atomic E-state index is 11.1. The number of furan rings is 1. The molecule has 0 spiro atoms. The zero-order valence-corrected chi connectivity index (χ0v) is 11.2. The van der Waals surface area contributed by atoms with E-state index < -0.39 is 10.0 Å². The van der Waals surface area contributed by atoms with Gasteiger partial charge in [-0.2, -0.15) is 0 Å². The highest BCUT2D eigenvalue weighted by Gasteiger charge is 2.06. The molecule has 2 aromatic rings. The van der Waals surface area contributed by atoms with Crippen molar-refractivity contribution in [2.45, 2.75) is 17.9 Å². The second-order valence-corrected chi connectivity index (χ2v) is 5.76. The molecular formula is C13H16N2O3S. The zero-order chi connectivity index (χ0) is 13.7. The average Bonchev–Trinajstić information content (AvgIpc) is 2.87. The molecule has 0 unspecified atom stereocenters. The van der Waals surface area contributed by atoms with Crippen molar-refractivity contribution in [3.63, 3.8) is 0 Å². The number of nitrogens with one attached hydrogen (secondary N) is 1. The second-order valence-electron chi connectivity index (χ2n) is 4.20. The Balaban J connectivity index is 1.80. The smallest absolute Gasteiger partial charge is 0.238 e. The lowest BCUT2D eigenvalue weighted by molar-refractivity contribution is 0.484. The highest BCUT2D eigenvalue weighted by Crippen LogP contribution is 2.09. The van der Waals surface area contributed by atoms with Gasteiger partial charge in [0.25, 0.3) is 0 Å². The summed E-state index contributed by atoms with van der Waals surface area (Å²) >= 11 is 0. The molecule has 0 atom stereocenters. The predicted molar refractivity (Wildman–Crippen MR) is 71.9 cm³/mol. The van der Waals surface area contributed by atoms with Crippen LogP contribution in [-0.2, 0) is 23.0 Å². The number of nitrogens with two attached hydrogens (primary N) is 1. The van der Waals surface area contributed by atoms with Gasteiger partial charge >= 0.3 is 0 Å². The quantitative estimate of drug-likeness (QED) is 0.780. The number of hydrogen-bond donors (Lipinski definition) is 2. The van der Waals surface area contributed by atoms with E-state index in [9.17, 15) is 8.42 Å². The van der Waals surface area contributed by atoms with Gasteiger partial charge in [-0.1, -0.05) is 12.1 Å². The van der Waals surface area contributed by atoms with E-state index in [0.29, 0.717) is 6.54 Å². The number of rotatable bonds is 6. The van der Waals surface area contributed by atoms with Crippen LogP contribution in [0, 0.1) is 0 Å². The summed E-state index contributed by atoms with van der Waals surface area (Å²) in [6.45, 7) is 1.47. The summed E-state index contributed by atoms with van der Waals surface area (Å²) in [6, 6.07) is 10.4. The lowest BCUT2D eigenvalue weighted by atomic mass is 10.1. The summed E-state index contributed by atoms with van der Waals surface area (Å²) < 4.78 is 27.4. The summed E-state index contributed by atoms with van der Waals surface area (Å²) in [4.78, 5) is 0.139. The van der Waals surface area contributed by atoms with Crippen LogP contribution < -0.4 is 10.5 Å². The Kier molecular flexibility index (Phi) is 4.36. The minimum atomic E-state index is -3.60. The van der Waals surface area contributed by atoms with Gasteiger partial charge < -0.3 is 9.73 Å². The molecule has 102 valence electrons. The van der Waals surface area contributed by atoms with Crippen molar-refractivity contribution < 1.29 is 12.8 Å². The van der Waals surface area contributed by atoms with Gasteiger partial charge in [0.1, 0.15) is 5.76 Å². The number of primary sulfonamides is 1. The van der Waals surface area contributed by atoms with Crippen LogP contribution in [0.5, 0.6) is 0 Å². The van der Waals surface area contributed by atoms with E-state index in [1.54, 1.807) is 18.4 Å². The van der Waals surface area contributed by atoms with E-state index in [0.717, 1.165) is 24.3 Å². The molecule has 2 rings (SSSR count). The third-order valence-corrected chi connectivity index (χ3v) is 3.65. The molecule has 1 aromatic carbocycles. The van der Waals surface area contributed by atoms with Crippen LogP contribution in [0.1, 0.15) is 11.3 Å². The van der Waals surface area contributed by atoms with Gasteiger partial charge in [0.2, 0.25) is 10.0 Å². The Bertz CT molecular complexity index is 604. The van der Waals surface area contributed by atoms with Crippen LogP contribution in [0.2, 0.25) is 0 Å². The first-order valence-corrected chi connectivity index (χ1v) is 7.45. The molecule has 0 radical (unpaired) electrons. The first-order chi connectivity index (χ1) is 9.05. The fraction of sp³-hybridized carbons (Fsp3) is 0.231. The van der Waals surface area contributed by atoms with Crippen LogP contribution >= 0.6 is 0 Å². The molecule has 3 N–H and O–H groups in total. The van der Waals surface area contributed by atoms with Gasteiger partial charge in [-0.25, -0.2) is 13.6 Å². The fourth-order valence-electron chi connectivity index (χ4n) is 1.70. The Morgan fingerprint density at radius 1 is 1.16 bits per heavy atom. The molecule has 0 aliphatic carbocycles. The van der Waals surface area contributed by atoms with Gasteiger partial charge in [0, 0.05) is 0 Å². The SMILES string of the molecule is NS(=O)(=O)c1ccc(CCNCc2ccco2)cc1. The van der Waals surface area contributed by atoms with E-state index >= 15 is 0 Å². The molecule has 5 nitrogen and oxygen atoms in total. The van der Waals surface area contributed by atoms with Crippen LogP contribution in [-0.4, -0.2) is 15.0 Å². The monoisotopic (exact) mass is 280 g/mol. The zero-order valence-electron chi connectivity index (χ0n) is 10.4. The van der Waals surface area contributed by atoms with Crippen LogP contribution in [0.4, 0.5) is 0 Å². The second kappa shape index (κ2) is 6.01. The highest BCUT2D eigenvalue weighted by molar-refractivity contribution is 7.89. The minimum Gasteiger partial charge on any atom is -0.468 e. The van der Waals surface area contributed by atoms with Gasteiger partial charge in [-0.05, 0) is 42.8 Å². The van der Waals surface area contributed by atoms with Crippen molar-refractivity contribution in [1.82, 2.24) is 5.32 Å². The molecule has 0 saturated heterocycles. The third kappa shape index (κ3) is 4.20. The molecule has 0 fully saturated rings. The van der Waals surface area contributed by atoms with Crippen molar-refractivity contribution in [2.75, 3.05) is 6.54 Å². The van der Waals surface area contributed by atoms with Crippen molar-refractivity contribution in [3.8, 4) is 0 Å². The highest BCUT2D eigenvalue weighted by atomic mass is 32.2. The van der Waals surface area contributed by atoms with Crippen molar-refractivity contribution in [3.05, 3.63) is 54.0 Å². The maximum Gasteiger partial charge on any atom is 0.238 e. The molecule has 1 aromatic heterocycles. The van der Waals surface area contributed by atoms with Crippen molar-refractivity contribution >= 4 is 10.0 Å². The minimum absolute atomic E-state index is 0.139. The Morgan fingerprint density at radius 2 is 1.89 bits per heavy atom. The first kappa shape index (κ1) is 13.8. The van der Waals surface area contributed by atoms with E-state index in [4.69, 9.17) is 9.56 Å². The third-order valence-electron chi connectivity index (χ3n) is 2.72. The molecule has 0 saturated carbocycles. The van der Waals surface area contributed by atoms with Gasteiger partial charge in [0.15, 0.2) is 0 Å². The number of sulfonamides is 1. The Morgan fingerprint density at radius 3 is 2.47 bits per heavy atom. The maximum atomic E-state index is 11.1. The summed E-state index contributed by atoms with van der Waals surface area (Å²) in [5, 5.41) is 8.28. The predicted octanol–water partition coefficient (Wildman–Crippen LogP) is 1.26. The van der Waals surface area contributed by atoms with Crippen molar-refractivity contribution in [1.29, 1.82) is 0 Å². The summed E-state index contributed by atoms with van der Waals surface area (Å²) in [7, 11) is -3.60. The summed E-state index contributed by atoms with van der Waals surface area (Å²) in [5.41, 5.74) is 1.05. The van der Waals surface area contributed by atoms with E-state index in [1.807, 2.05) is 12.1 Å². The Labute approximate surface area is 112 Å². The van der Waals surface area contributed by atoms with E-state index in [2.05, 4.69) is 5.32 Å². The standard InChI is InChI=1S/C13H16N2O3S/c14-19(16,17)13-5-3-11(4-6-13)7-8-15-10-12-2-1-9-18-12/h1-6,9,15H,7-8,10H2,(H2,14,16,17). The van der Waals surface area contributed by atoms with Gasteiger partial charge in [-0.15, -0.1) is 0 Å². The largest absolute Gasteiger partial charge is 0.468 e.